The van der Waals surface area contributed by atoms with Crippen LogP contribution in [-0.4, -0.2) is 10.8 Å². The van der Waals surface area contributed by atoms with E-state index in [1.165, 1.54) is 0 Å². The van der Waals surface area contributed by atoms with E-state index < -0.39 is 0 Å². The molecule has 0 aliphatic rings. The number of carbonyl (C=O) groups is 1. The van der Waals surface area contributed by atoms with Gasteiger partial charge in [0.2, 0.25) is 0 Å². The highest BCUT2D eigenvalue weighted by molar-refractivity contribution is 5.96. The topological polar surface area (TPSA) is 30.0 Å². The van der Waals surface area contributed by atoms with Gasteiger partial charge in [0, 0.05) is 23.4 Å². The lowest BCUT2D eigenvalue weighted by Gasteiger charge is -2.02. The fourth-order valence-corrected chi connectivity index (χ4v) is 1.55. The molecule has 0 fully saturated rings. The summed E-state index contributed by atoms with van der Waals surface area (Å²) in [6.45, 7) is 7.46. The van der Waals surface area contributed by atoms with Crippen molar-refractivity contribution in [1.82, 2.24) is 4.98 Å². The molecular formula is C13H17NO. The molecule has 2 nitrogen and oxygen atoms in total. The Kier molecular flexibility index (Phi) is 4.22. The summed E-state index contributed by atoms with van der Waals surface area (Å²) in [4.78, 5) is 16.0. The molecule has 0 spiro atoms. The van der Waals surface area contributed by atoms with Gasteiger partial charge < -0.3 is 0 Å². The van der Waals surface area contributed by atoms with Crippen LogP contribution in [-0.2, 0) is 0 Å². The first-order chi connectivity index (χ1) is 7.13. The van der Waals surface area contributed by atoms with Gasteiger partial charge in [0.25, 0.3) is 0 Å². The number of allylic oxidation sites excluding steroid dienone is 1. The fourth-order valence-electron chi connectivity index (χ4n) is 1.55. The summed E-state index contributed by atoms with van der Waals surface area (Å²) >= 11 is 0. The summed E-state index contributed by atoms with van der Waals surface area (Å²) < 4.78 is 0. The van der Waals surface area contributed by atoms with Crippen LogP contribution < -0.4 is 0 Å². The minimum atomic E-state index is 0.199. The summed E-state index contributed by atoms with van der Waals surface area (Å²) in [5.74, 6) is 0.199. The minimum absolute atomic E-state index is 0.199. The Morgan fingerprint density at radius 1 is 1.40 bits per heavy atom. The van der Waals surface area contributed by atoms with Crippen molar-refractivity contribution in [3.05, 3.63) is 41.7 Å². The zero-order chi connectivity index (χ0) is 11.3. The van der Waals surface area contributed by atoms with Crippen LogP contribution in [0.5, 0.6) is 0 Å². The molecule has 0 aliphatic heterocycles. The molecule has 1 aromatic rings. The van der Waals surface area contributed by atoms with Crippen LogP contribution in [0, 0.1) is 13.8 Å². The second-order valence-electron chi connectivity index (χ2n) is 3.74. The Morgan fingerprint density at radius 3 is 2.53 bits per heavy atom. The molecule has 15 heavy (non-hydrogen) atoms. The third kappa shape index (κ3) is 3.66. The van der Waals surface area contributed by atoms with Crippen LogP contribution in [0.4, 0.5) is 0 Å². The van der Waals surface area contributed by atoms with Crippen molar-refractivity contribution >= 4 is 5.78 Å². The zero-order valence-electron chi connectivity index (χ0n) is 9.42. The molecule has 0 bridgehead atoms. The maximum atomic E-state index is 11.8. The summed E-state index contributed by atoms with van der Waals surface area (Å²) in [7, 11) is 0. The number of pyridine rings is 1. The van der Waals surface area contributed by atoms with E-state index in [4.69, 9.17) is 0 Å². The quantitative estimate of drug-likeness (QED) is 0.418. The van der Waals surface area contributed by atoms with E-state index in [1.54, 1.807) is 0 Å². The van der Waals surface area contributed by atoms with Crippen LogP contribution in [0.1, 0.15) is 41.0 Å². The van der Waals surface area contributed by atoms with E-state index in [9.17, 15) is 4.79 Å². The van der Waals surface area contributed by atoms with E-state index in [-0.39, 0.29) is 5.78 Å². The molecule has 0 N–H and O–H groups in total. The molecule has 80 valence electrons. The molecule has 0 aromatic carbocycles. The number of ketones is 1. The van der Waals surface area contributed by atoms with Gasteiger partial charge in [0.15, 0.2) is 5.78 Å². The summed E-state index contributed by atoms with van der Waals surface area (Å²) in [5, 5.41) is 0. The van der Waals surface area contributed by atoms with Crippen molar-refractivity contribution in [3.63, 3.8) is 0 Å². The van der Waals surface area contributed by atoms with Crippen LogP contribution in [0.25, 0.3) is 0 Å². The van der Waals surface area contributed by atoms with Gasteiger partial charge >= 0.3 is 0 Å². The third-order valence-electron chi connectivity index (χ3n) is 2.22. The van der Waals surface area contributed by atoms with Crippen molar-refractivity contribution in [1.29, 1.82) is 0 Å². The molecule has 0 amide bonds. The smallest absolute Gasteiger partial charge is 0.163 e. The fraction of sp³-hybridized carbons (Fsp3) is 0.385. The second-order valence-corrected chi connectivity index (χ2v) is 3.74. The van der Waals surface area contributed by atoms with Crippen molar-refractivity contribution in [3.8, 4) is 0 Å². The lowest BCUT2D eigenvalue weighted by Crippen LogP contribution is -2.01. The van der Waals surface area contributed by atoms with Crippen molar-refractivity contribution in [2.45, 2.75) is 33.1 Å². The molecule has 0 saturated carbocycles. The minimum Gasteiger partial charge on any atom is -0.294 e. The highest BCUT2D eigenvalue weighted by Crippen LogP contribution is 2.10. The largest absolute Gasteiger partial charge is 0.294 e. The predicted molar refractivity (Wildman–Crippen MR) is 62.1 cm³/mol. The summed E-state index contributed by atoms with van der Waals surface area (Å²) in [5.41, 5.74) is 2.59. The third-order valence-corrected chi connectivity index (χ3v) is 2.22. The van der Waals surface area contributed by atoms with Gasteiger partial charge in [0.1, 0.15) is 0 Å². The van der Waals surface area contributed by atoms with E-state index in [0.717, 1.165) is 29.8 Å². The lowest BCUT2D eigenvalue weighted by molar-refractivity contribution is 0.0980. The van der Waals surface area contributed by atoms with E-state index in [2.05, 4.69) is 11.6 Å². The molecule has 0 radical (unpaired) electrons. The van der Waals surface area contributed by atoms with Crippen molar-refractivity contribution < 1.29 is 4.79 Å². The number of aryl methyl sites for hydroxylation is 2. The monoisotopic (exact) mass is 203 g/mol. The first kappa shape index (κ1) is 11.6. The van der Waals surface area contributed by atoms with Crippen LogP contribution >= 0.6 is 0 Å². The second kappa shape index (κ2) is 5.44. The van der Waals surface area contributed by atoms with E-state index >= 15 is 0 Å². The maximum absolute atomic E-state index is 11.8. The molecular weight excluding hydrogens is 186 g/mol. The van der Waals surface area contributed by atoms with Crippen molar-refractivity contribution in [2.75, 3.05) is 0 Å². The molecule has 0 aliphatic carbocycles. The van der Waals surface area contributed by atoms with Gasteiger partial charge in [-0.25, -0.2) is 0 Å². The van der Waals surface area contributed by atoms with Crippen molar-refractivity contribution in [2.24, 2.45) is 0 Å². The molecule has 2 heteroatoms. The number of carbonyl (C=O) groups excluding carboxylic acids is 1. The molecule has 0 unspecified atom stereocenters. The molecule has 1 rings (SSSR count). The molecule has 0 atom stereocenters. The molecule has 1 aromatic heterocycles. The zero-order valence-corrected chi connectivity index (χ0v) is 9.42. The number of hydrogen-bond donors (Lipinski definition) is 0. The van der Waals surface area contributed by atoms with Crippen LogP contribution in [0.3, 0.4) is 0 Å². The van der Waals surface area contributed by atoms with Gasteiger partial charge in [-0.15, -0.1) is 6.58 Å². The highest BCUT2D eigenvalue weighted by atomic mass is 16.1. The Morgan fingerprint density at radius 2 is 2.00 bits per heavy atom. The molecule has 1 heterocycles. The average Bonchev–Trinajstić information content (AvgIpc) is 2.16. The van der Waals surface area contributed by atoms with Crippen LogP contribution in [0.2, 0.25) is 0 Å². The van der Waals surface area contributed by atoms with Gasteiger partial charge in [-0.2, -0.15) is 0 Å². The normalized spacial score (nSPS) is 10.0. The number of nitrogens with zero attached hydrogens (tertiary/aromatic N) is 1. The van der Waals surface area contributed by atoms with Gasteiger partial charge in [-0.05, 0) is 38.8 Å². The Labute approximate surface area is 91.0 Å². The number of unbranched alkanes of at least 4 members (excludes halogenated alkanes) is 1. The lowest BCUT2D eigenvalue weighted by atomic mass is 10.0. The maximum Gasteiger partial charge on any atom is 0.163 e. The standard InChI is InChI=1S/C13H17NO/c1-4-5-6-7-13(15)12-8-10(2)14-11(3)9-12/h4,8-9H,1,5-7H2,2-3H3. The average molecular weight is 203 g/mol. The molecule has 0 saturated heterocycles. The number of aromatic nitrogens is 1. The number of rotatable bonds is 5. The van der Waals surface area contributed by atoms with Gasteiger partial charge in [-0.3, -0.25) is 9.78 Å². The summed E-state index contributed by atoms with van der Waals surface area (Å²) in [6.07, 6.45) is 4.21. The number of hydrogen-bond acceptors (Lipinski definition) is 2. The van der Waals surface area contributed by atoms with Gasteiger partial charge in [-0.1, -0.05) is 6.08 Å². The van der Waals surface area contributed by atoms with E-state index in [0.29, 0.717) is 6.42 Å². The SMILES string of the molecule is C=CCCCC(=O)c1cc(C)nc(C)c1. The predicted octanol–water partition coefficient (Wildman–Crippen LogP) is 3.24. The van der Waals surface area contributed by atoms with Crippen LogP contribution in [0.15, 0.2) is 24.8 Å². The van der Waals surface area contributed by atoms with E-state index in [1.807, 2.05) is 32.1 Å². The summed E-state index contributed by atoms with van der Waals surface area (Å²) in [6, 6.07) is 3.70. The Hall–Kier alpha value is -1.44. The number of Topliss-reactive ketones (excluding diaryl/α,β-unsaturated/α-hetero) is 1. The highest BCUT2D eigenvalue weighted by Gasteiger charge is 2.06. The first-order valence-corrected chi connectivity index (χ1v) is 5.23. The Balaban J connectivity index is 2.69. The first-order valence-electron chi connectivity index (χ1n) is 5.23. The van der Waals surface area contributed by atoms with Gasteiger partial charge in [0.05, 0.1) is 0 Å². The Bertz CT molecular complexity index is 349.